The largest absolute Gasteiger partial charge is 0.469 e. The monoisotopic (exact) mass is 279 g/mol. The Bertz CT molecular complexity index is 219. The van der Waals surface area contributed by atoms with Crippen LogP contribution in [-0.2, 0) is 14.3 Å². The summed E-state index contributed by atoms with van der Waals surface area (Å²) < 4.78 is 4.53. The van der Waals surface area contributed by atoms with Gasteiger partial charge in [0, 0.05) is 13.1 Å². The van der Waals surface area contributed by atoms with Gasteiger partial charge in [-0.1, -0.05) is 29.8 Å². The molecule has 0 saturated carbocycles. The van der Waals surface area contributed by atoms with Gasteiger partial charge in [0.25, 0.3) is 0 Å². The maximum atomic E-state index is 11.5. The maximum absolute atomic E-state index is 11.5. The molecule has 4 nitrogen and oxygen atoms in total. The Hall–Kier alpha value is -0.580. The number of amides is 1. The Morgan fingerprint density at radius 2 is 2.00 bits per heavy atom. The van der Waals surface area contributed by atoms with Crippen molar-refractivity contribution in [3.8, 4) is 0 Å². The Labute approximate surface area is 99.1 Å². The molecule has 0 aliphatic rings. The Kier molecular flexibility index (Phi) is 7.38. The second kappa shape index (κ2) is 7.68. The molecule has 0 aliphatic carbocycles. The van der Waals surface area contributed by atoms with Crippen molar-refractivity contribution in [3.05, 3.63) is 0 Å². The van der Waals surface area contributed by atoms with Crippen molar-refractivity contribution in [2.75, 3.05) is 25.5 Å². The van der Waals surface area contributed by atoms with E-state index in [0.717, 1.165) is 0 Å². The van der Waals surface area contributed by atoms with E-state index in [0.29, 0.717) is 24.3 Å². The van der Waals surface area contributed by atoms with Crippen molar-refractivity contribution < 1.29 is 14.3 Å². The summed E-state index contributed by atoms with van der Waals surface area (Å²) in [6.07, 6.45) is 0.252. The van der Waals surface area contributed by atoms with Gasteiger partial charge >= 0.3 is 5.97 Å². The van der Waals surface area contributed by atoms with Crippen LogP contribution in [0.25, 0.3) is 0 Å². The molecule has 88 valence electrons. The predicted molar refractivity (Wildman–Crippen MR) is 61.8 cm³/mol. The third-order valence-electron chi connectivity index (χ3n) is 1.87. The van der Waals surface area contributed by atoms with Crippen LogP contribution in [0, 0.1) is 5.92 Å². The molecule has 0 aromatic heterocycles. The predicted octanol–water partition coefficient (Wildman–Crippen LogP) is 1.43. The number of ether oxygens (including phenoxy) is 1. The molecule has 15 heavy (non-hydrogen) atoms. The maximum Gasteiger partial charge on any atom is 0.307 e. The molecular formula is C10H18BrNO3. The molecule has 0 aromatic rings. The molecule has 0 unspecified atom stereocenters. The Morgan fingerprint density at radius 1 is 1.40 bits per heavy atom. The summed E-state index contributed by atoms with van der Waals surface area (Å²) in [5.41, 5.74) is 0. The first-order chi connectivity index (χ1) is 7.01. The van der Waals surface area contributed by atoms with Crippen molar-refractivity contribution in [1.29, 1.82) is 0 Å². The minimum atomic E-state index is -0.286. The van der Waals surface area contributed by atoms with Gasteiger partial charge in [-0.25, -0.2) is 0 Å². The zero-order valence-electron chi connectivity index (χ0n) is 9.46. The second-order valence-electron chi connectivity index (χ2n) is 3.69. The molecule has 5 heteroatoms. The molecule has 1 amide bonds. The van der Waals surface area contributed by atoms with E-state index in [9.17, 15) is 9.59 Å². The van der Waals surface area contributed by atoms with Crippen LogP contribution in [0.1, 0.15) is 20.3 Å². The standard InChI is InChI=1S/C10H18BrNO3/c1-8(2)7-12(9(13)6-11)5-4-10(14)15-3/h8H,4-7H2,1-3H3. The van der Waals surface area contributed by atoms with Crippen molar-refractivity contribution in [2.45, 2.75) is 20.3 Å². The molecule has 0 saturated heterocycles. The van der Waals surface area contributed by atoms with Crippen molar-refractivity contribution in [2.24, 2.45) is 5.92 Å². The minimum Gasteiger partial charge on any atom is -0.469 e. The van der Waals surface area contributed by atoms with E-state index in [2.05, 4.69) is 20.7 Å². The summed E-state index contributed by atoms with van der Waals surface area (Å²) in [5, 5.41) is 0.293. The highest BCUT2D eigenvalue weighted by molar-refractivity contribution is 9.09. The summed E-state index contributed by atoms with van der Waals surface area (Å²) >= 11 is 3.12. The summed E-state index contributed by atoms with van der Waals surface area (Å²) in [4.78, 5) is 24.1. The van der Waals surface area contributed by atoms with Gasteiger partial charge in [-0.3, -0.25) is 9.59 Å². The quantitative estimate of drug-likeness (QED) is 0.546. The lowest BCUT2D eigenvalue weighted by Crippen LogP contribution is -2.36. The molecule has 0 rings (SSSR count). The van der Waals surface area contributed by atoms with E-state index in [1.165, 1.54) is 7.11 Å². The molecule has 0 heterocycles. The van der Waals surface area contributed by atoms with Gasteiger partial charge in [0.1, 0.15) is 0 Å². The lowest BCUT2D eigenvalue weighted by Gasteiger charge is -2.23. The average Bonchev–Trinajstić information content (AvgIpc) is 2.21. The molecule has 0 bridgehead atoms. The van der Waals surface area contributed by atoms with E-state index in [1.807, 2.05) is 13.8 Å². The third-order valence-corrected chi connectivity index (χ3v) is 2.35. The normalized spacial score (nSPS) is 10.2. The van der Waals surface area contributed by atoms with Crippen LogP contribution in [0.15, 0.2) is 0 Å². The van der Waals surface area contributed by atoms with Gasteiger partial charge in [-0.05, 0) is 5.92 Å². The van der Waals surface area contributed by atoms with Gasteiger partial charge in [-0.15, -0.1) is 0 Å². The molecule has 0 fully saturated rings. The zero-order chi connectivity index (χ0) is 11.8. The lowest BCUT2D eigenvalue weighted by molar-refractivity contribution is -0.141. The summed E-state index contributed by atoms with van der Waals surface area (Å²) in [6, 6.07) is 0. The first kappa shape index (κ1) is 14.4. The van der Waals surface area contributed by atoms with Gasteiger partial charge < -0.3 is 9.64 Å². The van der Waals surface area contributed by atoms with Gasteiger partial charge in [0.05, 0.1) is 18.9 Å². The molecular weight excluding hydrogens is 262 g/mol. The zero-order valence-corrected chi connectivity index (χ0v) is 11.0. The van der Waals surface area contributed by atoms with Crippen LogP contribution in [-0.4, -0.2) is 42.3 Å². The number of alkyl halides is 1. The number of rotatable bonds is 6. The van der Waals surface area contributed by atoms with Crippen LogP contribution in [0.4, 0.5) is 0 Å². The fraction of sp³-hybridized carbons (Fsp3) is 0.800. The van der Waals surface area contributed by atoms with Crippen molar-refractivity contribution in [1.82, 2.24) is 4.90 Å². The summed E-state index contributed by atoms with van der Waals surface area (Å²) in [6.45, 7) is 5.16. The molecule has 0 radical (unpaired) electrons. The number of halogens is 1. The van der Waals surface area contributed by atoms with Crippen molar-refractivity contribution in [3.63, 3.8) is 0 Å². The van der Waals surface area contributed by atoms with Gasteiger partial charge in [-0.2, -0.15) is 0 Å². The number of carbonyl (C=O) groups is 2. The summed E-state index contributed by atoms with van der Waals surface area (Å²) in [5.74, 6) is 0.115. The topological polar surface area (TPSA) is 46.6 Å². The lowest BCUT2D eigenvalue weighted by atomic mass is 10.2. The minimum absolute atomic E-state index is 0.00704. The number of hydrogen-bond acceptors (Lipinski definition) is 3. The highest BCUT2D eigenvalue weighted by Crippen LogP contribution is 2.03. The fourth-order valence-electron chi connectivity index (χ4n) is 1.17. The molecule has 0 aromatic carbocycles. The first-order valence-corrected chi connectivity index (χ1v) is 6.04. The van der Waals surface area contributed by atoms with Crippen molar-refractivity contribution >= 4 is 27.8 Å². The van der Waals surface area contributed by atoms with E-state index < -0.39 is 0 Å². The molecule has 0 spiro atoms. The number of esters is 1. The Morgan fingerprint density at radius 3 is 2.40 bits per heavy atom. The van der Waals surface area contributed by atoms with E-state index >= 15 is 0 Å². The average molecular weight is 280 g/mol. The number of carbonyl (C=O) groups excluding carboxylic acids is 2. The number of hydrogen-bond donors (Lipinski definition) is 0. The van der Waals surface area contributed by atoms with Crippen LogP contribution in [0.5, 0.6) is 0 Å². The molecule has 0 N–H and O–H groups in total. The molecule has 0 atom stereocenters. The van der Waals surface area contributed by atoms with E-state index in [4.69, 9.17) is 0 Å². The van der Waals surface area contributed by atoms with E-state index in [-0.39, 0.29) is 18.3 Å². The van der Waals surface area contributed by atoms with E-state index in [1.54, 1.807) is 4.90 Å². The fourth-order valence-corrected chi connectivity index (χ4v) is 1.53. The SMILES string of the molecule is COC(=O)CCN(CC(C)C)C(=O)CBr. The molecule has 0 aliphatic heterocycles. The number of nitrogens with zero attached hydrogens (tertiary/aromatic N) is 1. The third kappa shape index (κ3) is 6.49. The van der Waals surface area contributed by atoms with Crippen LogP contribution >= 0.6 is 15.9 Å². The highest BCUT2D eigenvalue weighted by atomic mass is 79.9. The Balaban J connectivity index is 4.12. The van der Waals surface area contributed by atoms with Gasteiger partial charge in [0.2, 0.25) is 5.91 Å². The smallest absolute Gasteiger partial charge is 0.307 e. The van der Waals surface area contributed by atoms with Gasteiger partial charge in [0.15, 0.2) is 0 Å². The highest BCUT2D eigenvalue weighted by Gasteiger charge is 2.14. The first-order valence-electron chi connectivity index (χ1n) is 4.91. The number of methoxy groups -OCH3 is 1. The second-order valence-corrected chi connectivity index (χ2v) is 4.25. The van der Waals surface area contributed by atoms with Crippen LogP contribution < -0.4 is 0 Å². The van der Waals surface area contributed by atoms with Crippen LogP contribution in [0.2, 0.25) is 0 Å². The summed E-state index contributed by atoms with van der Waals surface area (Å²) in [7, 11) is 1.35. The van der Waals surface area contributed by atoms with Crippen LogP contribution in [0.3, 0.4) is 0 Å².